The van der Waals surface area contributed by atoms with E-state index in [1.54, 1.807) is 14.2 Å². The summed E-state index contributed by atoms with van der Waals surface area (Å²) >= 11 is 0. The van der Waals surface area contributed by atoms with Gasteiger partial charge in [0.2, 0.25) is 0 Å². The van der Waals surface area contributed by atoms with Gasteiger partial charge in [-0.15, -0.1) is 0 Å². The number of hydrogen-bond donors (Lipinski definition) is 0. The highest BCUT2D eigenvalue weighted by molar-refractivity contribution is 5.43. The highest BCUT2D eigenvalue weighted by Gasteiger charge is 2.12. The van der Waals surface area contributed by atoms with Gasteiger partial charge in [0.1, 0.15) is 6.10 Å². The summed E-state index contributed by atoms with van der Waals surface area (Å²) in [6, 6.07) is 17.6. The van der Waals surface area contributed by atoms with Gasteiger partial charge in [-0.1, -0.05) is 36.4 Å². The Balaban J connectivity index is 1.99. The predicted octanol–water partition coefficient (Wildman–Crippen LogP) is 3.36. The number of hydrogen-bond acceptors (Lipinski definition) is 4. The molecule has 0 heterocycles. The first-order valence-corrected chi connectivity index (χ1v) is 7.03. The quantitative estimate of drug-likeness (QED) is 0.786. The highest BCUT2D eigenvalue weighted by atomic mass is 16.5. The van der Waals surface area contributed by atoms with E-state index in [9.17, 15) is 5.26 Å². The number of rotatable bonds is 7. The molecule has 0 saturated heterocycles. The van der Waals surface area contributed by atoms with E-state index in [0.29, 0.717) is 24.5 Å². The van der Waals surface area contributed by atoms with Crippen LogP contribution in [0.25, 0.3) is 0 Å². The molecule has 0 amide bonds. The van der Waals surface area contributed by atoms with Crippen molar-refractivity contribution in [2.45, 2.75) is 19.1 Å². The average molecular weight is 297 g/mol. The molecule has 2 rings (SSSR count). The predicted molar refractivity (Wildman–Crippen MR) is 83.9 cm³/mol. The van der Waals surface area contributed by atoms with Crippen molar-refractivity contribution in [1.82, 2.24) is 0 Å². The van der Waals surface area contributed by atoms with Crippen LogP contribution in [0, 0.1) is 11.3 Å². The van der Waals surface area contributed by atoms with Crippen molar-refractivity contribution < 1.29 is 14.2 Å². The number of nitrogens with zero attached hydrogens (tertiary/aromatic N) is 1. The summed E-state index contributed by atoms with van der Waals surface area (Å²) in [6.45, 7) is 0.423. The van der Waals surface area contributed by atoms with Gasteiger partial charge in [0.05, 0.1) is 26.9 Å². The van der Waals surface area contributed by atoms with Crippen LogP contribution >= 0.6 is 0 Å². The van der Waals surface area contributed by atoms with Crippen LogP contribution in [0.5, 0.6) is 11.5 Å². The van der Waals surface area contributed by atoms with E-state index < -0.39 is 6.10 Å². The second-order valence-corrected chi connectivity index (χ2v) is 4.81. The van der Waals surface area contributed by atoms with Crippen molar-refractivity contribution in [1.29, 1.82) is 5.26 Å². The Morgan fingerprint density at radius 3 is 2.32 bits per heavy atom. The van der Waals surface area contributed by atoms with Crippen LogP contribution < -0.4 is 9.47 Å². The SMILES string of the molecule is COc1ccc(CC(C#N)OCc2ccccc2)cc1OC. The molecule has 2 aromatic carbocycles. The molecule has 2 aromatic rings. The lowest BCUT2D eigenvalue weighted by molar-refractivity contribution is 0.0770. The second-order valence-electron chi connectivity index (χ2n) is 4.81. The van der Waals surface area contributed by atoms with Crippen molar-refractivity contribution >= 4 is 0 Å². The molecule has 0 aliphatic rings. The molecule has 0 fully saturated rings. The van der Waals surface area contributed by atoms with Crippen LogP contribution in [-0.4, -0.2) is 20.3 Å². The summed E-state index contributed by atoms with van der Waals surface area (Å²) in [5.74, 6) is 1.32. The summed E-state index contributed by atoms with van der Waals surface area (Å²) in [5.41, 5.74) is 2.02. The zero-order chi connectivity index (χ0) is 15.8. The second kappa shape index (κ2) is 8.06. The first-order valence-electron chi connectivity index (χ1n) is 7.03. The molecule has 1 unspecified atom stereocenters. The van der Waals surface area contributed by atoms with Crippen LogP contribution in [0.4, 0.5) is 0 Å². The van der Waals surface area contributed by atoms with Gasteiger partial charge in [-0.05, 0) is 23.3 Å². The third-order valence-corrected chi connectivity index (χ3v) is 3.31. The Kier molecular flexibility index (Phi) is 5.81. The summed E-state index contributed by atoms with van der Waals surface area (Å²) in [6.07, 6.45) is 0.00209. The molecule has 0 aromatic heterocycles. The van der Waals surface area contributed by atoms with Gasteiger partial charge in [-0.2, -0.15) is 5.26 Å². The fourth-order valence-electron chi connectivity index (χ4n) is 2.13. The Bertz CT molecular complexity index is 635. The number of benzene rings is 2. The lowest BCUT2D eigenvalue weighted by Gasteiger charge is -2.13. The summed E-state index contributed by atoms with van der Waals surface area (Å²) < 4.78 is 16.2. The molecule has 0 N–H and O–H groups in total. The Hall–Kier alpha value is -2.51. The lowest BCUT2D eigenvalue weighted by Crippen LogP contribution is -2.13. The summed E-state index contributed by atoms with van der Waals surface area (Å²) in [4.78, 5) is 0. The Labute approximate surface area is 130 Å². The van der Waals surface area contributed by atoms with Crippen molar-refractivity contribution in [3.63, 3.8) is 0 Å². The van der Waals surface area contributed by atoms with Crippen LogP contribution in [0.15, 0.2) is 48.5 Å². The van der Waals surface area contributed by atoms with Crippen molar-refractivity contribution in [3.8, 4) is 17.6 Å². The standard InChI is InChI=1S/C18H19NO3/c1-20-17-9-8-15(11-18(17)21-2)10-16(12-19)22-13-14-6-4-3-5-7-14/h3-9,11,16H,10,13H2,1-2H3. The molecular formula is C18H19NO3. The molecule has 0 bridgehead atoms. The number of ether oxygens (including phenoxy) is 3. The maximum Gasteiger partial charge on any atom is 0.160 e. The minimum atomic E-state index is -0.502. The van der Waals surface area contributed by atoms with Crippen molar-refractivity contribution in [3.05, 3.63) is 59.7 Å². The number of methoxy groups -OCH3 is 2. The fraction of sp³-hybridized carbons (Fsp3) is 0.278. The molecule has 1 atom stereocenters. The summed E-state index contributed by atoms with van der Waals surface area (Å²) in [7, 11) is 3.19. The van der Waals surface area contributed by atoms with E-state index in [2.05, 4.69) is 6.07 Å². The van der Waals surface area contributed by atoms with Gasteiger partial charge in [0.25, 0.3) is 0 Å². The van der Waals surface area contributed by atoms with Crippen LogP contribution in [0.1, 0.15) is 11.1 Å². The van der Waals surface area contributed by atoms with E-state index in [0.717, 1.165) is 11.1 Å². The van der Waals surface area contributed by atoms with Crippen LogP contribution in [-0.2, 0) is 17.8 Å². The van der Waals surface area contributed by atoms with Gasteiger partial charge in [0, 0.05) is 6.42 Å². The third kappa shape index (κ3) is 4.24. The van der Waals surface area contributed by atoms with E-state index in [1.807, 2.05) is 48.5 Å². The van der Waals surface area contributed by atoms with Crippen molar-refractivity contribution in [2.75, 3.05) is 14.2 Å². The molecule has 0 saturated carbocycles. The monoisotopic (exact) mass is 297 g/mol. The van der Waals surface area contributed by atoms with E-state index in [-0.39, 0.29) is 0 Å². The fourth-order valence-corrected chi connectivity index (χ4v) is 2.13. The van der Waals surface area contributed by atoms with Crippen LogP contribution in [0.3, 0.4) is 0 Å². The van der Waals surface area contributed by atoms with Gasteiger partial charge >= 0.3 is 0 Å². The Morgan fingerprint density at radius 2 is 1.68 bits per heavy atom. The van der Waals surface area contributed by atoms with E-state index in [4.69, 9.17) is 14.2 Å². The minimum Gasteiger partial charge on any atom is -0.493 e. The maximum absolute atomic E-state index is 9.26. The molecule has 4 nitrogen and oxygen atoms in total. The average Bonchev–Trinajstić information content (AvgIpc) is 2.59. The summed E-state index contributed by atoms with van der Waals surface area (Å²) in [5, 5.41) is 9.26. The third-order valence-electron chi connectivity index (χ3n) is 3.31. The van der Waals surface area contributed by atoms with Gasteiger partial charge < -0.3 is 14.2 Å². The van der Waals surface area contributed by atoms with E-state index >= 15 is 0 Å². The smallest absolute Gasteiger partial charge is 0.160 e. The van der Waals surface area contributed by atoms with Gasteiger partial charge in [-0.25, -0.2) is 0 Å². The first kappa shape index (κ1) is 15.9. The Morgan fingerprint density at radius 1 is 0.955 bits per heavy atom. The normalized spacial score (nSPS) is 11.5. The molecule has 0 radical (unpaired) electrons. The van der Waals surface area contributed by atoms with Crippen LogP contribution in [0.2, 0.25) is 0 Å². The largest absolute Gasteiger partial charge is 0.493 e. The highest BCUT2D eigenvalue weighted by Crippen LogP contribution is 2.28. The lowest BCUT2D eigenvalue weighted by atomic mass is 10.1. The molecule has 114 valence electrons. The first-order chi connectivity index (χ1) is 10.8. The molecule has 0 aliphatic carbocycles. The van der Waals surface area contributed by atoms with Gasteiger partial charge in [0.15, 0.2) is 11.5 Å². The number of nitriles is 1. The van der Waals surface area contributed by atoms with Gasteiger partial charge in [-0.3, -0.25) is 0 Å². The molecule has 22 heavy (non-hydrogen) atoms. The minimum absolute atomic E-state index is 0.423. The zero-order valence-electron chi connectivity index (χ0n) is 12.8. The maximum atomic E-state index is 9.26. The van der Waals surface area contributed by atoms with E-state index in [1.165, 1.54) is 0 Å². The topological polar surface area (TPSA) is 51.5 Å². The zero-order valence-corrected chi connectivity index (χ0v) is 12.8. The molecule has 0 spiro atoms. The molecular weight excluding hydrogens is 278 g/mol. The molecule has 0 aliphatic heterocycles. The molecule has 4 heteroatoms. The van der Waals surface area contributed by atoms with Crippen molar-refractivity contribution in [2.24, 2.45) is 0 Å².